The van der Waals surface area contributed by atoms with Crippen LogP contribution in [-0.4, -0.2) is 11.9 Å². The fourth-order valence-electron chi connectivity index (χ4n) is 2.56. The van der Waals surface area contributed by atoms with Gasteiger partial charge in [-0.25, -0.2) is 4.79 Å². The van der Waals surface area contributed by atoms with Crippen LogP contribution in [0, 0.1) is 0 Å². The molecule has 3 aromatic rings. The highest BCUT2D eigenvalue weighted by molar-refractivity contribution is 5.94. The summed E-state index contributed by atoms with van der Waals surface area (Å²) < 4.78 is 48.1. The minimum absolute atomic E-state index is 0.0291. The molecule has 5 nitrogen and oxygen atoms in total. The first-order valence-corrected chi connectivity index (χ1v) is 8.56. The summed E-state index contributed by atoms with van der Waals surface area (Å²) in [7, 11) is 0. The smallest absolute Gasteiger partial charge is 0.416 e. The third-order valence-electron chi connectivity index (χ3n) is 4.05. The number of carbonyl (C=O) groups excluding carboxylic acids is 2. The van der Waals surface area contributed by atoms with Gasteiger partial charge in [0.25, 0.3) is 5.91 Å². The molecule has 1 unspecified atom stereocenters. The number of alkyl halides is 3. The van der Waals surface area contributed by atoms with E-state index in [0.717, 1.165) is 12.1 Å². The van der Waals surface area contributed by atoms with E-state index in [2.05, 4.69) is 5.32 Å². The van der Waals surface area contributed by atoms with Crippen LogP contribution >= 0.6 is 0 Å². The molecule has 0 fully saturated rings. The number of benzene rings is 2. The van der Waals surface area contributed by atoms with E-state index in [4.69, 9.17) is 9.15 Å². The third kappa shape index (κ3) is 5.25. The molecule has 0 radical (unpaired) electrons. The van der Waals surface area contributed by atoms with Crippen LogP contribution in [0.2, 0.25) is 0 Å². The van der Waals surface area contributed by atoms with Crippen LogP contribution in [0.25, 0.3) is 0 Å². The number of esters is 1. The van der Waals surface area contributed by atoms with E-state index >= 15 is 0 Å². The van der Waals surface area contributed by atoms with Crippen molar-refractivity contribution in [3.63, 3.8) is 0 Å². The summed E-state index contributed by atoms with van der Waals surface area (Å²) in [6, 6.07) is 14.6. The minimum atomic E-state index is -4.44. The lowest BCUT2D eigenvalue weighted by atomic mass is 10.1. The van der Waals surface area contributed by atoms with Crippen molar-refractivity contribution in [3.05, 3.63) is 95.4 Å². The maximum atomic E-state index is 12.6. The van der Waals surface area contributed by atoms with Gasteiger partial charge in [-0.05, 0) is 35.4 Å². The molecule has 3 rings (SSSR count). The number of rotatable bonds is 6. The number of amides is 1. The van der Waals surface area contributed by atoms with Gasteiger partial charge in [-0.15, -0.1) is 0 Å². The Bertz CT molecular complexity index is 952. The van der Waals surface area contributed by atoms with Crippen LogP contribution in [0.4, 0.5) is 13.2 Å². The maximum Gasteiger partial charge on any atom is 0.416 e. The van der Waals surface area contributed by atoms with E-state index in [0.29, 0.717) is 11.1 Å². The van der Waals surface area contributed by atoms with Crippen molar-refractivity contribution in [1.29, 1.82) is 0 Å². The second kappa shape index (κ2) is 8.64. The minimum Gasteiger partial charge on any atom is -0.459 e. The number of hydrogen-bond acceptors (Lipinski definition) is 4. The van der Waals surface area contributed by atoms with Gasteiger partial charge in [-0.1, -0.05) is 42.5 Å². The molecule has 0 aliphatic rings. The second-order valence-electron chi connectivity index (χ2n) is 6.10. The Balaban J connectivity index is 1.70. The van der Waals surface area contributed by atoms with Crippen LogP contribution in [0.3, 0.4) is 0 Å². The zero-order valence-corrected chi connectivity index (χ0v) is 15.0. The van der Waals surface area contributed by atoms with Gasteiger partial charge < -0.3 is 14.5 Å². The van der Waals surface area contributed by atoms with E-state index in [1.165, 1.54) is 30.5 Å². The summed E-state index contributed by atoms with van der Waals surface area (Å²) in [6.07, 6.45) is -3.11. The van der Waals surface area contributed by atoms with Crippen molar-refractivity contribution in [1.82, 2.24) is 5.32 Å². The molecule has 0 saturated heterocycles. The van der Waals surface area contributed by atoms with Crippen LogP contribution in [0.1, 0.15) is 33.3 Å². The Morgan fingerprint density at radius 1 is 0.966 bits per heavy atom. The molecule has 1 N–H and O–H groups in total. The number of carbonyl (C=O) groups is 2. The highest BCUT2D eigenvalue weighted by Gasteiger charge is 2.30. The summed E-state index contributed by atoms with van der Waals surface area (Å²) in [5.41, 5.74) is 0.0841. The molecule has 150 valence electrons. The Labute approximate surface area is 164 Å². The van der Waals surface area contributed by atoms with Crippen molar-refractivity contribution >= 4 is 11.9 Å². The average Bonchev–Trinajstić information content (AvgIpc) is 3.25. The number of furan rings is 1. The lowest BCUT2D eigenvalue weighted by Crippen LogP contribution is -2.34. The second-order valence-corrected chi connectivity index (χ2v) is 6.10. The number of ether oxygens (including phenoxy) is 1. The molecule has 0 aliphatic heterocycles. The molecule has 0 bridgehead atoms. The predicted octanol–water partition coefficient (Wildman–Crippen LogP) is 4.51. The highest BCUT2D eigenvalue weighted by Crippen LogP contribution is 2.29. The Morgan fingerprint density at radius 2 is 1.66 bits per heavy atom. The summed E-state index contributed by atoms with van der Waals surface area (Å²) in [4.78, 5) is 24.9. The van der Waals surface area contributed by atoms with Crippen molar-refractivity contribution < 1.29 is 31.9 Å². The first kappa shape index (κ1) is 20.2. The Morgan fingerprint density at radius 3 is 2.24 bits per heavy atom. The molecule has 29 heavy (non-hydrogen) atoms. The summed E-state index contributed by atoms with van der Waals surface area (Å²) >= 11 is 0. The van der Waals surface area contributed by atoms with E-state index < -0.39 is 29.7 Å². The van der Waals surface area contributed by atoms with Crippen molar-refractivity contribution in [2.24, 2.45) is 0 Å². The van der Waals surface area contributed by atoms with E-state index in [-0.39, 0.29) is 12.4 Å². The quantitative estimate of drug-likeness (QED) is 0.615. The normalized spacial score (nSPS) is 12.2. The van der Waals surface area contributed by atoms with Gasteiger partial charge in [0.15, 0.2) is 11.8 Å². The predicted molar refractivity (Wildman–Crippen MR) is 96.6 cm³/mol. The van der Waals surface area contributed by atoms with Crippen LogP contribution < -0.4 is 5.32 Å². The Hall–Kier alpha value is -3.55. The summed E-state index contributed by atoms with van der Waals surface area (Å²) in [5.74, 6) is -1.33. The van der Waals surface area contributed by atoms with E-state index in [9.17, 15) is 22.8 Å². The van der Waals surface area contributed by atoms with Gasteiger partial charge in [0.2, 0.25) is 0 Å². The number of nitrogens with one attached hydrogen (secondary N) is 1. The van der Waals surface area contributed by atoms with Gasteiger partial charge >= 0.3 is 12.1 Å². The molecule has 0 aliphatic carbocycles. The Kier molecular flexibility index (Phi) is 6.01. The largest absolute Gasteiger partial charge is 0.459 e. The van der Waals surface area contributed by atoms with Crippen LogP contribution in [-0.2, 0) is 22.3 Å². The molecule has 1 amide bonds. The van der Waals surface area contributed by atoms with Crippen LogP contribution in [0.15, 0.2) is 77.4 Å². The van der Waals surface area contributed by atoms with Gasteiger partial charge in [0, 0.05) is 0 Å². The summed E-state index contributed by atoms with van der Waals surface area (Å²) in [6.45, 7) is -0.239. The molecule has 1 atom stereocenters. The lowest BCUT2D eigenvalue weighted by Gasteiger charge is -2.17. The van der Waals surface area contributed by atoms with Crippen molar-refractivity contribution in [2.45, 2.75) is 18.8 Å². The topological polar surface area (TPSA) is 68.5 Å². The van der Waals surface area contributed by atoms with Gasteiger partial charge in [-0.3, -0.25) is 4.79 Å². The molecule has 2 aromatic carbocycles. The fraction of sp³-hybridized carbons (Fsp3) is 0.143. The molecule has 1 aromatic heterocycles. The van der Waals surface area contributed by atoms with E-state index in [1.54, 1.807) is 30.3 Å². The number of halogens is 3. The maximum absolute atomic E-state index is 12.6. The van der Waals surface area contributed by atoms with Gasteiger partial charge in [0.05, 0.1) is 11.8 Å². The monoisotopic (exact) mass is 403 g/mol. The molecular formula is C21H16F3NO4. The van der Waals surface area contributed by atoms with Gasteiger partial charge in [-0.2, -0.15) is 13.2 Å². The zero-order chi connectivity index (χ0) is 20.9. The van der Waals surface area contributed by atoms with E-state index in [1.807, 2.05) is 0 Å². The van der Waals surface area contributed by atoms with Crippen LogP contribution in [0.5, 0.6) is 0 Å². The average molecular weight is 403 g/mol. The SMILES string of the molecule is O=C(NC(C(=O)OCc1ccc(C(F)(F)F)cc1)c1ccccc1)c1ccco1. The highest BCUT2D eigenvalue weighted by atomic mass is 19.4. The molecule has 0 spiro atoms. The van der Waals surface area contributed by atoms with Crippen molar-refractivity contribution in [2.75, 3.05) is 0 Å². The molecule has 0 saturated carbocycles. The third-order valence-corrected chi connectivity index (χ3v) is 4.05. The summed E-state index contributed by atoms with van der Waals surface area (Å²) in [5, 5.41) is 2.54. The number of hydrogen-bond donors (Lipinski definition) is 1. The first-order chi connectivity index (χ1) is 13.8. The molecule has 1 heterocycles. The van der Waals surface area contributed by atoms with Gasteiger partial charge in [0.1, 0.15) is 6.61 Å². The zero-order valence-electron chi connectivity index (χ0n) is 15.0. The fourth-order valence-corrected chi connectivity index (χ4v) is 2.56. The molecular weight excluding hydrogens is 387 g/mol. The lowest BCUT2D eigenvalue weighted by molar-refractivity contribution is -0.147. The first-order valence-electron chi connectivity index (χ1n) is 8.56. The van der Waals surface area contributed by atoms with Crippen molar-refractivity contribution in [3.8, 4) is 0 Å². The standard InChI is InChI=1S/C21H16F3NO4/c22-21(23,24)16-10-8-14(9-11-16)13-29-20(27)18(15-5-2-1-3-6-15)25-19(26)17-7-4-12-28-17/h1-12,18H,13H2,(H,25,26). The molecule has 8 heteroatoms.